The highest BCUT2D eigenvalue weighted by Gasteiger charge is 2.25. The van der Waals surface area contributed by atoms with E-state index in [9.17, 15) is 18.4 Å². The third-order valence-corrected chi connectivity index (χ3v) is 4.18. The molecule has 0 bridgehead atoms. The van der Waals surface area contributed by atoms with Crippen LogP contribution in [0.1, 0.15) is 22.8 Å². The van der Waals surface area contributed by atoms with Gasteiger partial charge in [0.1, 0.15) is 5.56 Å². The molecular formula is C20H19F2NO7. The van der Waals surface area contributed by atoms with Crippen molar-refractivity contribution in [3.8, 4) is 23.0 Å². The van der Waals surface area contributed by atoms with E-state index in [1.807, 2.05) is 0 Å². The number of benzene rings is 2. The van der Waals surface area contributed by atoms with Crippen LogP contribution in [0.2, 0.25) is 0 Å². The molecule has 0 fully saturated rings. The zero-order chi connectivity index (χ0) is 21.7. The van der Waals surface area contributed by atoms with E-state index in [0.717, 1.165) is 5.56 Å². The fourth-order valence-corrected chi connectivity index (χ4v) is 2.71. The van der Waals surface area contributed by atoms with Crippen LogP contribution in [-0.2, 0) is 16.1 Å². The lowest BCUT2D eigenvalue weighted by molar-refractivity contribution is -0.129. The number of rotatable bonds is 8. The first-order valence-corrected chi connectivity index (χ1v) is 8.88. The van der Waals surface area contributed by atoms with Gasteiger partial charge in [-0.2, -0.15) is 8.78 Å². The number of carbonyl (C=O) groups excluding carboxylic acids is 2. The lowest BCUT2D eigenvalue weighted by Gasteiger charge is -2.16. The quantitative estimate of drug-likeness (QED) is 0.653. The molecule has 30 heavy (non-hydrogen) atoms. The number of amides is 1. The highest BCUT2D eigenvalue weighted by atomic mass is 19.3. The molecule has 160 valence electrons. The zero-order valence-electron chi connectivity index (χ0n) is 16.1. The molecular weight excluding hydrogens is 404 g/mol. The number of hydrogen-bond donors (Lipinski definition) is 1. The summed E-state index contributed by atoms with van der Waals surface area (Å²) in [6.45, 7) is -1.51. The Labute approximate surface area is 170 Å². The zero-order valence-corrected chi connectivity index (χ0v) is 16.1. The molecule has 3 rings (SSSR count). The summed E-state index contributed by atoms with van der Waals surface area (Å²) >= 11 is 0. The first-order chi connectivity index (χ1) is 14.4. The second-order valence-corrected chi connectivity index (χ2v) is 6.17. The number of fused-ring (bicyclic) bond motifs is 1. The van der Waals surface area contributed by atoms with Gasteiger partial charge in [-0.3, -0.25) is 4.79 Å². The predicted molar refractivity (Wildman–Crippen MR) is 98.9 cm³/mol. The Kier molecular flexibility index (Phi) is 6.55. The largest absolute Gasteiger partial charge is 0.493 e. The minimum atomic E-state index is -3.17. The fraction of sp³-hybridized carbons (Fsp3) is 0.300. The summed E-state index contributed by atoms with van der Waals surface area (Å²) in [5.41, 5.74) is 0.469. The van der Waals surface area contributed by atoms with Crippen LogP contribution in [0, 0.1) is 0 Å². The van der Waals surface area contributed by atoms with Crippen molar-refractivity contribution >= 4 is 11.9 Å². The molecule has 1 aliphatic heterocycles. The van der Waals surface area contributed by atoms with Crippen molar-refractivity contribution in [3.05, 3.63) is 47.5 Å². The molecule has 1 amide bonds. The molecule has 0 radical (unpaired) electrons. The Balaban J connectivity index is 1.62. The lowest BCUT2D eigenvalue weighted by atomic mass is 10.2. The smallest absolute Gasteiger partial charge is 0.387 e. The molecule has 1 N–H and O–H groups in total. The fourth-order valence-electron chi connectivity index (χ4n) is 2.71. The van der Waals surface area contributed by atoms with Crippen LogP contribution in [0.3, 0.4) is 0 Å². The summed E-state index contributed by atoms with van der Waals surface area (Å²) in [5, 5.41) is 2.63. The number of ether oxygens (including phenoxy) is 5. The summed E-state index contributed by atoms with van der Waals surface area (Å²) < 4.78 is 50.3. The molecule has 0 unspecified atom stereocenters. The minimum absolute atomic E-state index is 0.0651. The molecule has 0 saturated heterocycles. The molecule has 2 aromatic rings. The van der Waals surface area contributed by atoms with Crippen LogP contribution < -0.4 is 24.3 Å². The number of para-hydroxylation sites is 1. The summed E-state index contributed by atoms with van der Waals surface area (Å²) in [6.07, 6.45) is -1.18. The monoisotopic (exact) mass is 423 g/mol. The summed E-state index contributed by atoms with van der Waals surface area (Å²) in [5.74, 6) is -0.911. The van der Waals surface area contributed by atoms with E-state index in [1.54, 1.807) is 18.2 Å². The van der Waals surface area contributed by atoms with Gasteiger partial charge < -0.3 is 29.0 Å². The highest BCUT2D eigenvalue weighted by Crippen LogP contribution is 2.33. The van der Waals surface area contributed by atoms with Gasteiger partial charge in [-0.1, -0.05) is 12.1 Å². The van der Waals surface area contributed by atoms with E-state index in [1.165, 1.54) is 32.2 Å². The molecule has 2 aromatic carbocycles. The number of halogens is 2. The maximum atomic E-state index is 12.7. The van der Waals surface area contributed by atoms with Gasteiger partial charge >= 0.3 is 12.6 Å². The van der Waals surface area contributed by atoms with Gasteiger partial charge in [0, 0.05) is 6.54 Å². The number of hydrogen-bond acceptors (Lipinski definition) is 7. The minimum Gasteiger partial charge on any atom is -0.493 e. The van der Waals surface area contributed by atoms with Crippen LogP contribution in [-0.4, -0.2) is 38.5 Å². The topological polar surface area (TPSA) is 92.3 Å². The van der Waals surface area contributed by atoms with Gasteiger partial charge in [0.25, 0.3) is 5.91 Å². The normalized spacial score (nSPS) is 13.0. The van der Waals surface area contributed by atoms with Gasteiger partial charge in [0.05, 0.1) is 7.11 Å². The molecule has 0 spiro atoms. The van der Waals surface area contributed by atoms with E-state index in [4.69, 9.17) is 18.9 Å². The highest BCUT2D eigenvalue weighted by molar-refractivity contribution is 5.95. The van der Waals surface area contributed by atoms with Crippen molar-refractivity contribution in [3.63, 3.8) is 0 Å². The average Bonchev–Trinajstić information content (AvgIpc) is 3.19. The van der Waals surface area contributed by atoms with Crippen molar-refractivity contribution in [1.29, 1.82) is 0 Å². The Morgan fingerprint density at radius 3 is 2.67 bits per heavy atom. The number of carbonyl (C=O) groups is 2. The molecule has 0 saturated carbocycles. The first-order valence-electron chi connectivity index (χ1n) is 8.88. The maximum absolute atomic E-state index is 12.7. The van der Waals surface area contributed by atoms with E-state index >= 15 is 0 Å². The van der Waals surface area contributed by atoms with Crippen LogP contribution in [0.4, 0.5) is 8.78 Å². The standard InChI is InChI=1S/C20H19F2NO7/c1-11(18(24)23-9-12-6-7-14-16(8-12)28-10-27-14)29-19(25)13-4-3-5-15(26-2)17(13)30-20(21)22/h3-8,11,20H,9-10H2,1-2H3,(H,23,24)/t11-/m0/s1. The predicted octanol–water partition coefficient (Wildman–Crippen LogP) is 2.89. The molecule has 1 aliphatic rings. The van der Waals surface area contributed by atoms with Crippen LogP contribution in [0.25, 0.3) is 0 Å². The average molecular weight is 423 g/mol. The van der Waals surface area contributed by atoms with Gasteiger partial charge in [-0.15, -0.1) is 0 Å². The number of methoxy groups -OCH3 is 1. The van der Waals surface area contributed by atoms with Gasteiger partial charge in [-0.25, -0.2) is 4.79 Å². The van der Waals surface area contributed by atoms with Crippen LogP contribution in [0.5, 0.6) is 23.0 Å². The van der Waals surface area contributed by atoms with E-state index in [-0.39, 0.29) is 24.7 Å². The molecule has 0 aliphatic carbocycles. The van der Waals surface area contributed by atoms with Crippen LogP contribution >= 0.6 is 0 Å². The Bertz CT molecular complexity index is 935. The van der Waals surface area contributed by atoms with E-state index < -0.39 is 30.3 Å². The second-order valence-electron chi connectivity index (χ2n) is 6.17. The summed E-state index contributed by atoms with van der Waals surface area (Å²) in [4.78, 5) is 24.7. The SMILES string of the molecule is COc1cccc(C(=O)O[C@@H](C)C(=O)NCc2ccc3c(c2)OCO3)c1OC(F)F. The van der Waals surface area contributed by atoms with Crippen LogP contribution in [0.15, 0.2) is 36.4 Å². The second kappa shape index (κ2) is 9.29. The third-order valence-electron chi connectivity index (χ3n) is 4.18. The Morgan fingerprint density at radius 1 is 1.17 bits per heavy atom. The van der Waals surface area contributed by atoms with Gasteiger partial charge in [-0.05, 0) is 36.8 Å². The van der Waals surface area contributed by atoms with Crippen molar-refractivity contribution in [2.75, 3.05) is 13.9 Å². The number of alkyl halides is 2. The first kappa shape index (κ1) is 21.2. The number of nitrogens with one attached hydrogen (secondary N) is 1. The van der Waals surface area contributed by atoms with Gasteiger partial charge in [0.2, 0.25) is 6.79 Å². The Morgan fingerprint density at radius 2 is 1.93 bits per heavy atom. The van der Waals surface area contributed by atoms with Crippen molar-refractivity contribution < 1.29 is 42.1 Å². The third kappa shape index (κ3) is 4.88. The molecule has 1 heterocycles. The van der Waals surface area contributed by atoms with E-state index in [0.29, 0.717) is 11.5 Å². The number of esters is 1. The van der Waals surface area contributed by atoms with Crippen molar-refractivity contribution in [2.24, 2.45) is 0 Å². The van der Waals surface area contributed by atoms with Crippen molar-refractivity contribution in [1.82, 2.24) is 5.32 Å². The summed E-state index contributed by atoms with van der Waals surface area (Å²) in [6, 6.07) is 9.21. The van der Waals surface area contributed by atoms with Gasteiger partial charge in [0.15, 0.2) is 29.1 Å². The van der Waals surface area contributed by atoms with Crippen molar-refractivity contribution in [2.45, 2.75) is 26.2 Å². The summed E-state index contributed by atoms with van der Waals surface area (Å²) in [7, 11) is 1.25. The maximum Gasteiger partial charge on any atom is 0.387 e. The molecule has 0 aromatic heterocycles. The lowest BCUT2D eigenvalue weighted by Crippen LogP contribution is -2.35. The molecule has 1 atom stereocenters. The molecule has 10 heteroatoms. The molecule has 8 nitrogen and oxygen atoms in total. The Hall–Kier alpha value is -3.56. The van der Waals surface area contributed by atoms with E-state index in [2.05, 4.69) is 10.1 Å².